The van der Waals surface area contributed by atoms with Gasteiger partial charge in [-0.1, -0.05) is 42.5 Å². The summed E-state index contributed by atoms with van der Waals surface area (Å²) in [5.41, 5.74) is 8.39. The van der Waals surface area contributed by atoms with Gasteiger partial charge in [0.05, 0.1) is 23.0 Å². The topological polar surface area (TPSA) is 58.5 Å². The summed E-state index contributed by atoms with van der Waals surface area (Å²) in [5, 5.41) is 3.67. The zero-order valence-electron chi connectivity index (χ0n) is 17.4. The normalized spacial score (nSPS) is 18.9. The van der Waals surface area contributed by atoms with Crippen LogP contribution >= 0.6 is 0 Å². The molecule has 3 aliphatic rings. The van der Waals surface area contributed by atoms with Crippen molar-refractivity contribution in [3.63, 3.8) is 0 Å². The van der Waals surface area contributed by atoms with Gasteiger partial charge in [-0.15, -0.1) is 0 Å². The molecule has 0 saturated heterocycles. The lowest BCUT2D eigenvalue weighted by Gasteiger charge is -2.23. The maximum Gasteiger partial charge on any atom is 0.196 e. The molecule has 0 fully saturated rings. The molecule has 152 valence electrons. The molecule has 3 aromatic carbocycles. The largest absolute Gasteiger partial charge is 0.376 e. The SMILES string of the molecule is CC1=Nc2c(ccc3c2C(=O)c2ccccc2C3=O)NC(c2cccc3c2CCC3)C1. The van der Waals surface area contributed by atoms with Crippen LogP contribution in [0.25, 0.3) is 0 Å². The number of aryl methyl sites for hydroxylation is 1. The lowest BCUT2D eigenvalue weighted by atomic mass is 9.83. The van der Waals surface area contributed by atoms with E-state index < -0.39 is 0 Å². The van der Waals surface area contributed by atoms with Crippen LogP contribution in [0.4, 0.5) is 11.4 Å². The zero-order chi connectivity index (χ0) is 21.1. The van der Waals surface area contributed by atoms with E-state index in [2.05, 4.69) is 23.5 Å². The summed E-state index contributed by atoms with van der Waals surface area (Å²) in [6.07, 6.45) is 4.22. The maximum atomic E-state index is 13.4. The number of carbonyl (C=O) groups is 2. The van der Waals surface area contributed by atoms with E-state index in [1.54, 1.807) is 30.3 Å². The van der Waals surface area contributed by atoms with Crippen molar-refractivity contribution >= 4 is 28.7 Å². The highest BCUT2D eigenvalue weighted by molar-refractivity contribution is 6.30. The van der Waals surface area contributed by atoms with Gasteiger partial charge >= 0.3 is 0 Å². The fourth-order valence-corrected chi connectivity index (χ4v) is 5.34. The van der Waals surface area contributed by atoms with Gasteiger partial charge in [0.2, 0.25) is 0 Å². The van der Waals surface area contributed by atoms with E-state index in [1.165, 1.54) is 23.1 Å². The molecule has 4 heteroatoms. The minimum absolute atomic E-state index is 0.0952. The number of hydrogen-bond acceptors (Lipinski definition) is 4. The Labute approximate surface area is 181 Å². The van der Waals surface area contributed by atoms with Crippen molar-refractivity contribution in [3.8, 4) is 0 Å². The second kappa shape index (κ2) is 6.74. The Bertz CT molecular complexity index is 1320. The molecule has 0 saturated carbocycles. The molecule has 31 heavy (non-hydrogen) atoms. The highest BCUT2D eigenvalue weighted by Crippen LogP contribution is 2.43. The van der Waals surface area contributed by atoms with Gasteiger partial charge in [0.15, 0.2) is 11.6 Å². The van der Waals surface area contributed by atoms with E-state index in [0.29, 0.717) is 27.9 Å². The summed E-state index contributed by atoms with van der Waals surface area (Å²) in [5.74, 6) is -0.234. The smallest absolute Gasteiger partial charge is 0.196 e. The number of rotatable bonds is 1. The van der Waals surface area contributed by atoms with Gasteiger partial charge in [-0.05, 0) is 55.0 Å². The Morgan fingerprint density at radius 2 is 1.68 bits per heavy atom. The minimum Gasteiger partial charge on any atom is -0.376 e. The molecule has 4 nitrogen and oxygen atoms in total. The average Bonchev–Trinajstić information content (AvgIpc) is 3.20. The molecule has 0 amide bonds. The molecule has 0 aromatic heterocycles. The van der Waals surface area contributed by atoms with E-state index in [4.69, 9.17) is 4.99 Å². The zero-order valence-corrected chi connectivity index (χ0v) is 17.4. The molecular weight excluding hydrogens is 384 g/mol. The van der Waals surface area contributed by atoms with Crippen LogP contribution in [0.5, 0.6) is 0 Å². The van der Waals surface area contributed by atoms with Crippen LogP contribution in [0, 0.1) is 0 Å². The summed E-state index contributed by atoms with van der Waals surface area (Å²) in [7, 11) is 0. The Morgan fingerprint density at radius 3 is 2.52 bits per heavy atom. The first-order chi connectivity index (χ1) is 15.1. The number of benzene rings is 3. The Balaban J connectivity index is 1.50. The fraction of sp³-hybridized carbons (Fsp3) is 0.222. The third-order valence-electron chi connectivity index (χ3n) is 6.76. The minimum atomic E-state index is -0.126. The average molecular weight is 406 g/mol. The number of carbonyl (C=O) groups excluding carboxylic acids is 2. The number of fused-ring (bicyclic) bond motifs is 5. The highest BCUT2D eigenvalue weighted by atomic mass is 16.1. The summed E-state index contributed by atoms with van der Waals surface area (Å²) >= 11 is 0. The number of anilines is 1. The van der Waals surface area contributed by atoms with Gasteiger partial charge in [-0.2, -0.15) is 0 Å². The molecule has 0 spiro atoms. The van der Waals surface area contributed by atoms with Crippen LogP contribution in [0.15, 0.2) is 59.6 Å². The van der Waals surface area contributed by atoms with E-state index in [9.17, 15) is 9.59 Å². The fourth-order valence-electron chi connectivity index (χ4n) is 5.34. The van der Waals surface area contributed by atoms with Crippen LogP contribution in [0.1, 0.15) is 74.3 Å². The second-order valence-corrected chi connectivity index (χ2v) is 8.67. The number of nitrogens with one attached hydrogen (secondary N) is 1. The number of hydrogen-bond donors (Lipinski definition) is 1. The van der Waals surface area contributed by atoms with Crippen molar-refractivity contribution in [3.05, 3.63) is 93.5 Å². The van der Waals surface area contributed by atoms with Crippen LogP contribution < -0.4 is 5.32 Å². The Morgan fingerprint density at radius 1 is 0.871 bits per heavy atom. The standard InChI is InChI=1S/C27H22N2O2/c1-15-14-23(18-11-5-7-16-6-4-10-17(16)18)29-22-13-12-21-24(25(22)28-15)27(31)20-9-3-2-8-19(20)26(21)30/h2-3,5,7-9,11-13,23,29H,4,6,10,14H2,1H3. The van der Waals surface area contributed by atoms with Crippen LogP contribution in [0.2, 0.25) is 0 Å². The van der Waals surface area contributed by atoms with Crippen LogP contribution in [-0.2, 0) is 12.8 Å². The predicted molar refractivity (Wildman–Crippen MR) is 122 cm³/mol. The second-order valence-electron chi connectivity index (χ2n) is 8.67. The van der Waals surface area contributed by atoms with E-state index in [-0.39, 0.29) is 17.6 Å². The van der Waals surface area contributed by atoms with Crippen molar-refractivity contribution in [2.75, 3.05) is 5.32 Å². The van der Waals surface area contributed by atoms with Gasteiger partial charge in [0.1, 0.15) is 0 Å². The van der Waals surface area contributed by atoms with E-state index in [0.717, 1.165) is 30.7 Å². The molecule has 0 radical (unpaired) electrons. The van der Waals surface area contributed by atoms with E-state index >= 15 is 0 Å². The number of aliphatic imine (C=N–C) groups is 1. The maximum absolute atomic E-state index is 13.4. The highest BCUT2D eigenvalue weighted by Gasteiger charge is 2.34. The van der Waals surface area contributed by atoms with Crippen molar-refractivity contribution < 1.29 is 9.59 Å². The van der Waals surface area contributed by atoms with Crippen LogP contribution in [0.3, 0.4) is 0 Å². The van der Waals surface area contributed by atoms with Gasteiger partial charge in [-0.3, -0.25) is 14.6 Å². The summed E-state index contributed by atoms with van der Waals surface area (Å²) in [4.78, 5) is 31.4. The van der Waals surface area contributed by atoms with Gasteiger partial charge in [0, 0.05) is 28.8 Å². The Hall–Kier alpha value is -3.53. The first-order valence-corrected chi connectivity index (χ1v) is 10.9. The van der Waals surface area contributed by atoms with Gasteiger partial charge < -0.3 is 5.32 Å². The van der Waals surface area contributed by atoms with Crippen LogP contribution in [-0.4, -0.2) is 17.3 Å². The van der Waals surface area contributed by atoms with Gasteiger partial charge in [0.25, 0.3) is 0 Å². The summed E-state index contributed by atoms with van der Waals surface area (Å²) < 4.78 is 0. The molecule has 0 bridgehead atoms. The number of nitrogens with zero attached hydrogens (tertiary/aromatic N) is 1. The third kappa shape index (κ3) is 2.71. The van der Waals surface area contributed by atoms with E-state index in [1.807, 2.05) is 13.0 Å². The molecule has 1 heterocycles. The molecule has 3 aromatic rings. The van der Waals surface area contributed by atoms with Gasteiger partial charge in [-0.25, -0.2) is 0 Å². The molecule has 1 N–H and O–H groups in total. The third-order valence-corrected chi connectivity index (χ3v) is 6.76. The molecule has 1 atom stereocenters. The monoisotopic (exact) mass is 406 g/mol. The quantitative estimate of drug-likeness (QED) is 0.448. The molecule has 2 aliphatic carbocycles. The van der Waals surface area contributed by atoms with Crippen molar-refractivity contribution in [1.29, 1.82) is 0 Å². The Kier molecular flexibility index (Phi) is 3.97. The van der Waals surface area contributed by atoms with Crippen molar-refractivity contribution in [1.82, 2.24) is 0 Å². The lowest BCUT2D eigenvalue weighted by molar-refractivity contribution is 0.0979. The van der Waals surface area contributed by atoms with Crippen molar-refractivity contribution in [2.45, 2.75) is 38.6 Å². The van der Waals surface area contributed by atoms with Crippen molar-refractivity contribution in [2.24, 2.45) is 4.99 Å². The first-order valence-electron chi connectivity index (χ1n) is 10.9. The molecular formula is C27H22N2O2. The molecule has 6 rings (SSSR count). The first kappa shape index (κ1) is 18.3. The number of ketones is 2. The molecule has 1 aliphatic heterocycles. The predicted octanol–water partition coefficient (Wildman–Crippen LogP) is 5.60. The summed E-state index contributed by atoms with van der Waals surface area (Å²) in [6, 6.07) is 17.4. The molecule has 1 unspecified atom stereocenters. The lowest BCUT2D eigenvalue weighted by Crippen LogP contribution is -2.21. The summed E-state index contributed by atoms with van der Waals surface area (Å²) in [6.45, 7) is 2.01.